The third-order valence-corrected chi connectivity index (χ3v) is 39.4. The quantitative estimate of drug-likeness (QED) is 0.0123. The van der Waals surface area contributed by atoms with Crippen LogP contribution in [-0.4, -0.2) is 76.6 Å². The fourth-order valence-corrected chi connectivity index (χ4v) is 25.1. The Kier molecular flexibility index (Phi) is 25.1. The molecule has 610 valence electrons. The van der Waals surface area contributed by atoms with Gasteiger partial charge in [0.05, 0.1) is 35.5 Å². The van der Waals surface area contributed by atoms with Gasteiger partial charge in [0.2, 0.25) is 11.4 Å². The minimum Gasteiger partial charge on any atom is -0.623 e. The van der Waals surface area contributed by atoms with Crippen molar-refractivity contribution >= 4 is 79.9 Å². The lowest BCUT2D eigenvalue weighted by atomic mass is 9.95. The van der Waals surface area contributed by atoms with Crippen molar-refractivity contribution in [3.05, 3.63) is 360 Å². The molecule has 14 heteroatoms. The Balaban J connectivity index is 0.000000230. The summed E-state index contributed by atoms with van der Waals surface area (Å²) in [6.07, 6.45) is 5.26. The van der Waals surface area contributed by atoms with Crippen LogP contribution in [0.2, 0.25) is 36.3 Å². The molecule has 6 aliphatic rings. The maximum Gasteiger partial charge on any atom is 0.234 e. The number of benzene rings is 7. The Labute approximate surface area is 716 Å². The van der Waals surface area contributed by atoms with Gasteiger partial charge in [-0.05, 0) is 186 Å². The van der Waals surface area contributed by atoms with Crippen LogP contribution in [0.25, 0.3) is 43.5 Å². The van der Waals surface area contributed by atoms with Gasteiger partial charge < -0.3 is 20.1 Å². The van der Waals surface area contributed by atoms with E-state index in [-0.39, 0.29) is 10.1 Å². The second kappa shape index (κ2) is 34.3. The van der Waals surface area contributed by atoms with Gasteiger partial charge in [0.1, 0.15) is 41.5 Å². The van der Waals surface area contributed by atoms with Crippen molar-refractivity contribution in [1.82, 2.24) is 10.1 Å². The summed E-state index contributed by atoms with van der Waals surface area (Å²) in [5, 5.41) is 37.9. The monoisotopic (exact) mass is 1640 g/mol. The Morgan fingerprint density at radius 3 is 1.06 bits per heavy atom. The van der Waals surface area contributed by atoms with Crippen molar-refractivity contribution in [2.24, 2.45) is 0 Å². The zero-order valence-electron chi connectivity index (χ0n) is 73.9. The molecule has 0 saturated heterocycles. The van der Waals surface area contributed by atoms with Crippen LogP contribution in [0, 0.1) is 47.2 Å². The fourth-order valence-electron chi connectivity index (χ4n) is 15.7. The molecule has 2 atom stereocenters. The maximum absolute atomic E-state index is 14.0. The largest absolute Gasteiger partial charge is 0.623 e. The second-order valence-electron chi connectivity index (χ2n) is 38.6. The van der Waals surface area contributed by atoms with E-state index in [0.29, 0.717) is 28.5 Å². The van der Waals surface area contributed by atoms with Crippen LogP contribution < -0.4 is 26.3 Å². The number of hydroxylamine groups is 6. The average Bonchev–Trinajstić information content (AvgIpc) is 1.00. The Morgan fingerprint density at radius 1 is 0.417 bits per heavy atom. The molecule has 0 amide bonds. The lowest BCUT2D eigenvalue weighted by Crippen LogP contribution is -2.53. The third kappa shape index (κ3) is 17.9. The molecular formula is C106H114N6O5PSi2+. The van der Waals surface area contributed by atoms with Crippen LogP contribution in [0.1, 0.15) is 208 Å². The number of nitrogens with zero attached hydrogens (tertiary/aromatic N) is 6. The number of rotatable bonds is 14. The number of carbonyl (C=O) groups excluding carboxylic acids is 1. The molecule has 13 rings (SSSR count). The highest BCUT2D eigenvalue weighted by Gasteiger charge is 2.54. The topological polar surface area (TPSA) is 103 Å². The first-order valence-corrected chi connectivity index (χ1v) is 49.4. The lowest BCUT2D eigenvalue weighted by molar-refractivity contribution is -0.530. The normalized spacial score (nSPS) is 15.5. The summed E-state index contributed by atoms with van der Waals surface area (Å²) in [6, 6.07) is 84.3. The van der Waals surface area contributed by atoms with Crippen LogP contribution in [0.3, 0.4) is 0 Å². The van der Waals surface area contributed by atoms with Gasteiger partial charge in [0.25, 0.3) is 0 Å². The second-order valence-corrected chi connectivity index (χ2v) is 52.6. The van der Waals surface area contributed by atoms with Gasteiger partial charge >= 0.3 is 0 Å². The van der Waals surface area contributed by atoms with E-state index in [9.17, 15) is 15.2 Å². The van der Waals surface area contributed by atoms with Crippen molar-refractivity contribution < 1.29 is 23.9 Å². The number of hydrogen-bond acceptors (Lipinski definition) is 7. The van der Waals surface area contributed by atoms with Gasteiger partial charge in [-0.15, -0.1) is 10.1 Å². The standard InChI is InChI=1S/C62H65N3O2PSi.C44H49N3O3Si/c1-60(2,3)64(66)43-54-52-37-23-16-24-38-53(52)55(59(54)69(11,12)62(7,8)9)57-56(63-10)58(67-65(57)61(4,5)6)48-30-26-28-46(42-48)40-39-45-27-25-29-47(41-45)44-68(49-31-17-13-18-32-49,50-33-19-14-20-34-50)51-35-21-15-22-36-51;1-42(2,3)46(49)28-36-34-22-14-13-15-23-35(34)37(41(36)51(11,12)44(7,8)9)39-38(45-10)40(50-47(39)43(4,5)6)33-21-17-19-31(27-33)25-24-30-18-16-20-32(26-30)29-48/h13-38,41-43,57H,44H2,1-9,11-12H3;13-23,26-29,39H,1-9,11-12H3/q+1;/b64-43-;46-28-. The van der Waals surface area contributed by atoms with Gasteiger partial charge in [-0.2, -0.15) is 0 Å². The molecule has 7 aromatic carbocycles. The Bertz CT molecular complexity index is 5860. The van der Waals surface area contributed by atoms with Crippen molar-refractivity contribution in [2.45, 2.75) is 201 Å². The number of aldehydes is 1. The zero-order chi connectivity index (χ0) is 86.9. The first-order valence-electron chi connectivity index (χ1n) is 41.4. The van der Waals surface area contributed by atoms with Gasteiger partial charge in [-0.1, -0.05) is 255 Å². The van der Waals surface area contributed by atoms with E-state index < -0.39 is 57.6 Å². The molecule has 2 heterocycles. The van der Waals surface area contributed by atoms with E-state index in [1.54, 1.807) is 18.3 Å². The highest BCUT2D eigenvalue weighted by molar-refractivity contribution is 7.95. The molecule has 0 aromatic heterocycles. The molecule has 0 saturated carbocycles. The number of carbonyl (C=O) groups is 1. The fraction of sp³-hybridized carbons (Fsp3) is 0.292. The molecule has 0 fully saturated rings. The van der Waals surface area contributed by atoms with E-state index in [1.165, 1.54) is 31.9 Å². The Morgan fingerprint density at radius 2 is 0.733 bits per heavy atom. The predicted octanol–water partition coefficient (Wildman–Crippen LogP) is 23.3. The van der Waals surface area contributed by atoms with E-state index in [0.717, 1.165) is 99.8 Å². The summed E-state index contributed by atoms with van der Waals surface area (Å²) >= 11 is 0. The first kappa shape index (κ1) is 87.8. The average molecular weight is 1640 g/mol. The number of hydrogen-bond donors (Lipinski definition) is 0. The van der Waals surface area contributed by atoms with Crippen LogP contribution in [0.15, 0.2) is 260 Å². The van der Waals surface area contributed by atoms with Gasteiger partial charge in [0.15, 0.2) is 35.0 Å². The smallest absolute Gasteiger partial charge is 0.234 e. The van der Waals surface area contributed by atoms with Gasteiger partial charge in [-0.25, -0.2) is 19.2 Å². The third-order valence-electron chi connectivity index (χ3n) is 24.0. The minimum atomic E-state index is -2.45. The molecule has 2 unspecified atom stereocenters. The maximum atomic E-state index is 14.0. The van der Waals surface area contributed by atoms with Crippen molar-refractivity contribution in [3.63, 3.8) is 0 Å². The molecule has 2 aliphatic heterocycles. The van der Waals surface area contributed by atoms with E-state index in [1.807, 2.05) is 149 Å². The summed E-state index contributed by atoms with van der Waals surface area (Å²) in [5.41, 5.74) is 13.3. The molecule has 0 N–H and O–H groups in total. The molecule has 11 nitrogen and oxygen atoms in total. The molecule has 4 aliphatic carbocycles. The van der Waals surface area contributed by atoms with E-state index in [4.69, 9.17) is 22.8 Å². The summed E-state index contributed by atoms with van der Waals surface area (Å²) in [6.45, 7) is 65.3. The van der Waals surface area contributed by atoms with Crippen molar-refractivity contribution in [1.29, 1.82) is 0 Å². The van der Waals surface area contributed by atoms with Crippen LogP contribution in [0.5, 0.6) is 0 Å². The van der Waals surface area contributed by atoms with Crippen LogP contribution >= 0.6 is 7.26 Å². The first-order chi connectivity index (χ1) is 56.5. The Hall–Kier alpha value is -11.5. The van der Waals surface area contributed by atoms with E-state index in [2.05, 4.69) is 288 Å². The van der Waals surface area contributed by atoms with Crippen molar-refractivity contribution in [2.75, 3.05) is 0 Å². The van der Waals surface area contributed by atoms with Crippen molar-refractivity contribution in [3.8, 4) is 45.9 Å². The minimum absolute atomic E-state index is 0.0819. The van der Waals surface area contributed by atoms with Crippen LogP contribution in [0.4, 0.5) is 0 Å². The van der Waals surface area contributed by atoms with E-state index >= 15 is 0 Å². The highest BCUT2D eigenvalue weighted by Crippen LogP contribution is 2.59. The predicted molar refractivity (Wildman–Crippen MR) is 507 cm³/mol. The van der Waals surface area contributed by atoms with Gasteiger partial charge in [0, 0.05) is 103 Å². The molecule has 0 spiro atoms. The molecule has 0 radical (unpaired) electrons. The molecule has 120 heavy (non-hydrogen) atoms. The van der Waals surface area contributed by atoms with Crippen LogP contribution in [-0.2, 0) is 15.8 Å². The summed E-state index contributed by atoms with van der Waals surface area (Å²) in [4.78, 5) is 33.8. The highest BCUT2D eigenvalue weighted by atomic mass is 31.2. The lowest BCUT2D eigenvalue weighted by Gasteiger charge is -2.41. The summed E-state index contributed by atoms with van der Waals surface area (Å²) in [7, 11) is -6.96. The molecular weight excluding hydrogens is 1520 g/mol. The summed E-state index contributed by atoms with van der Waals surface area (Å²) < 4.78 is 2.16. The zero-order valence-corrected chi connectivity index (χ0v) is 76.8. The molecule has 7 aromatic rings. The summed E-state index contributed by atoms with van der Waals surface area (Å²) in [5.74, 6) is 14.4. The van der Waals surface area contributed by atoms with Gasteiger partial charge in [-0.3, -0.25) is 4.79 Å². The number of fused-ring (bicyclic) bond motifs is 2. The SMILES string of the molecule is [C-]#[N+]C1=C(c2cccc(C#Cc3cccc(C=O)c3)c2)ON(C(C)(C)C)C1c1c2cccccc-2c(/C=[N+](\[O-])C(C)(C)C)c1[Si](C)(C)C(C)(C)C.[C-]#[N+]C1=C(c2cccc(C#Cc3cccc(C[P+](c4ccccc4)(c4ccccc4)c4ccccc4)c3)c2)ON(C(C)(C)C)C1c1c2cccccc-2c(/C=[N+](\[O-])C(C)(C)C)c1[Si](C)(C)C(C)(C)C. The molecule has 0 bridgehead atoms.